The molecule has 2 aliphatic rings. The van der Waals surface area contributed by atoms with Gasteiger partial charge in [0.25, 0.3) is 5.91 Å². The van der Waals surface area contributed by atoms with E-state index in [9.17, 15) is 14.3 Å². The molecule has 3 heterocycles. The summed E-state index contributed by atoms with van der Waals surface area (Å²) in [7, 11) is 1.57. The van der Waals surface area contributed by atoms with E-state index in [2.05, 4.69) is 4.98 Å². The molecule has 1 unspecified atom stereocenters. The first kappa shape index (κ1) is 17.0. The molecule has 1 aromatic heterocycles. The summed E-state index contributed by atoms with van der Waals surface area (Å²) in [6, 6.07) is 10.1. The molecule has 2 aromatic rings. The van der Waals surface area contributed by atoms with Crippen molar-refractivity contribution in [1.29, 1.82) is 0 Å². The lowest BCUT2D eigenvalue weighted by atomic mass is 9.80. The Bertz CT molecular complexity index is 827. The molecule has 5 nitrogen and oxygen atoms in total. The van der Waals surface area contributed by atoms with Gasteiger partial charge in [0, 0.05) is 42.2 Å². The van der Waals surface area contributed by atoms with Crippen LogP contribution < -0.4 is 4.74 Å². The number of carbonyl (C=O) groups excluding carboxylic acids is 1. The number of methoxy groups -OCH3 is 1. The number of benzene rings is 1. The minimum atomic E-state index is -1.28. The van der Waals surface area contributed by atoms with Gasteiger partial charge in [-0.25, -0.2) is 4.98 Å². The van der Waals surface area contributed by atoms with E-state index in [4.69, 9.17) is 4.74 Å². The lowest BCUT2D eigenvalue weighted by molar-refractivity contribution is -0.0504. The summed E-state index contributed by atoms with van der Waals surface area (Å²) in [6.45, 7) is 0. The number of pyridine rings is 1. The highest BCUT2D eigenvalue weighted by Gasteiger charge is 2.51. The quantitative estimate of drug-likeness (QED) is 0.859. The molecule has 1 amide bonds. The third-order valence-electron chi connectivity index (χ3n) is 5.58. The predicted molar refractivity (Wildman–Crippen MR) is 93.3 cm³/mol. The van der Waals surface area contributed by atoms with Crippen molar-refractivity contribution < 1.29 is 19.0 Å². The Kier molecular flexibility index (Phi) is 4.15. The van der Waals surface area contributed by atoms with E-state index in [1.807, 2.05) is 4.90 Å². The van der Waals surface area contributed by atoms with Crippen LogP contribution in [0.2, 0.25) is 0 Å². The van der Waals surface area contributed by atoms with Crippen LogP contribution in [0.1, 0.15) is 41.6 Å². The van der Waals surface area contributed by atoms with Gasteiger partial charge >= 0.3 is 0 Å². The number of halogens is 1. The van der Waals surface area contributed by atoms with Crippen LogP contribution >= 0.6 is 0 Å². The second kappa shape index (κ2) is 6.36. The van der Waals surface area contributed by atoms with Gasteiger partial charge in [0.15, 0.2) is 0 Å². The number of hydrogen-bond acceptors (Lipinski definition) is 4. The van der Waals surface area contributed by atoms with Gasteiger partial charge in [-0.3, -0.25) is 4.79 Å². The van der Waals surface area contributed by atoms with Crippen molar-refractivity contribution >= 4 is 5.91 Å². The Labute approximate surface area is 151 Å². The fraction of sp³-hybridized carbons (Fsp3) is 0.400. The summed E-state index contributed by atoms with van der Waals surface area (Å²) in [4.78, 5) is 18.6. The average Bonchev–Trinajstić information content (AvgIpc) is 2.93. The zero-order chi connectivity index (χ0) is 18.3. The van der Waals surface area contributed by atoms with Crippen molar-refractivity contribution in [3.63, 3.8) is 0 Å². The first-order valence-corrected chi connectivity index (χ1v) is 8.82. The first-order valence-electron chi connectivity index (χ1n) is 8.82. The number of ether oxygens (including phenoxy) is 1. The molecule has 0 aliphatic carbocycles. The molecule has 1 aromatic carbocycles. The van der Waals surface area contributed by atoms with Crippen molar-refractivity contribution in [2.45, 2.75) is 43.4 Å². The number of aliphatic hydroxyl groups is 1. The van der Waals surface area contributed by atoms with Crippen LogP contribution in [0.25, 0.3) is 0 Å². The largest absolute Gasteiger partial charge is 0.497 e. The van der Waals surface area contributed by atoms with Crippen LogP contribution in [0.4, 0.5) is 4.39 Å². The van der Waals surface area contributed by atoms with E-state index in [1.165, 1.54) is 6.20 Å². The fourth-order valence-corrected chi connectivity index (χ4v) is 4.41. The van der Waals surface area contributed by atoms with Gasteiger partial charge in [-0.15, -0.1) is 0 Å². The summed E-state index contributed by atoms with van der Waals surface area (Å²) >= 11 is 0. The number of fused-ring (bicyclic) bond motifs is 2. The smallest absolute Gasteiger partial charge is 0.254 e. The average molecular weight is 356 g/mol. The number of aromatic nitrogens is 1. The number of amides is 1. The van der Waals surface area contributed by atoms with Crippen LogP contribution in [-0.2, 0) is 5.60 Å². The summed E-state index contributed by atoms with van der Waals surface area (Å²) in [5, 5.41) is 11.1. The number of nitrogens with zero attached hydrogens (tertiary/aromatic N) is 2. The summed E-state index contributed by atoms with van der Waals surface area (Å²) in [5.74, 6) is -0.0683. The summed E-state index contributed by atoms with van der Waals surface area (Å²) in [5.41, 5.74) is -0.486. The molecular formula is C20H21FN2O3. The van der Waals surface area contributed by atoms with Crippen LogP contribution in [0.3, 0.4) is 0 Å². The van der Waals surface area contributed by atoms with E-state index in [0.717, 1.165) is 12.8 Å². The molecule has 26 heavy (non-hydrogen) atoms. The van der Waals surface area contributed by atoms with Crippen molar-refractivity contribution in [3.8, 4) is 5.75 Å². The summed E-state index contributed by atoms with van der Waals surface area (Å²) < 4.78 is 19.3. The Morgan fingerprint density at radius 1 is 1.27 bits per heavy atom. The highest BCUT2D eigenvalue weighted by Crippen LogP contribution is 2.46. The molecule has 2 bridgehead atoms. The minimum Gasteiger partial charge on any atom is -0.497 e. The van der Waals surface area contributed by atoms with Gasteiger partial charge < -0.3 is 14.7 Å². The molecular weight excluding hydrogens is 335 g/mol. The minimum absolute atomic E-state index is 0.0647. The van der Waals surface area contributed by atoms with Crippen molar-refractivity contribution in [2.24, 2.45) is 0 Å². The number of hydrogen-bond donors (Lipinski definition) is 1. The molecule has 6 heteroatoms. The second-order valence-electron chi connectivity index (χ2n) is 7.11. The third-order valence-corrected chi connectivity index (χ3v) is 5.58. The summed E-state index contributed by atoms with van der Waals surface area (Å²) in [6.07, 6.45) is 3.64. The van der Waals surface area contributed by atoms with Gasteiger partial charge in [0.1, 0.15) is 5.75 Å². The molecule has 2 aliphatic heterocycles. The topological polar surface area (TPSA) is 62.7 Å². The second-order valence-corrected chi connectivity index (χ2v) is 7.11. The van der Waals surface area contributed by atoms with Crippen LogP contribution in [-0.4, -0.2) is 40.1 Å². The van der Waals surface area contributed by atoms with Gasteiger partial charge in [-0.1, -0.05) is 12.1 Å². The molecule has 2 fully saturated rings. The van der Waals surface area contributed by atoms with E-state index in [-0.39, 0.29) is 23.6 Å². The molecule has 2 saturated heterocycles. The van der Waals surface area contributed by atoms with E-state index < -0.39 is 11.5 Å². The van der Waals surface area contributed by atoms with Crippen LogP contribution in [0.15, 0.2) is 42.6 Å². The number of carbonyl (C=O) groups is 1. The maximum Gasteiger partial charge on any atom is 0.254 e. The zero-order valence-corrected chi connectivity index (χ0v) is 14.6. The van der Waals surface area contributed by atoms with E-state index in [1.54, 1.807) is 43.5 Å². The van der Waals surface area contributed by atoms with Crippen LogP contribution in [0, 0.1) is 5.95 Å². The zero-order valence-electron chi connectivity index (χ0n) is 14.6. The molecule has 1 N–H and O–H groups in total. The predicted octanol–water partition coefficient (Wildman–Crippen LogP) is 2.88. The first-order chi connectivity index (χ1) is 12.5. The van der Waals surface area contributed by atoms with E-state index in [0.29, 0.717) is 24.2 Å². The molecule has 0 spiro atoms. The molecule has 3 atom stereocenters. The third kappa shape index (κ3) is 2.74. The van der Waals surface area contributed by atoms with Crippen molar-refractivity contribution in [2.75, 3.05) is 7.11 Å². The van der Waals surface area contributed by atoms with Gasteiger partial charge in [0.2, 0.25) is 5.95 Å². The maximum absolute atomic E-state index is 14.1. The van der Waals surface area contributed by atoms with Crippen LogP contribution in [0.5, 0.6) is 5.75 Å². The van der Waals surface area contributed by atoms with Gasteiger partial charge in [-0.2, -0.15) is 4.39 Å². The number of rotatable bonds is 3. The lowest BCUT2D eigenvalue weighted by Crippen LogP contribution is -2.52. The normalized spacial score (nSPS) is 27.4. The number of piperidine rings is 1. The molecule has 4 rings (SSSR count). The monoisotopic (exact) mass is 356 g/mol. The van der Waals surface area contributed by atoms with Gasteiger partial charge in [0.05, 0.1) is 12.7 Å². The molecule has 0 radical (unpaired) electrons. The Balaban J connectivity index is 1.61. The fourth-order valence-electron chi connectivity index (χ4n) is 4.41. The highest BCUT2D eigenvalue weighted by molar-refractivity contribution is 5.95. The molecule has 0 saturated carbocycles. The Morgan fingerprint density at radius 2 is 2.00 bits per heavy atom. The SMILES string of the molecule is COc1cccc(C(=O)N2[C@@H]3CC[C@H]2CC(O)(c2cccnc2F)C3)c1. The Morgan fingerprint density at radius 3 is 2.65 bits per heavy atom. The highest BCUT2D eigenvalue weighted by atomic mass is 19.1. The van der Waals surface area contributed by atoms with Crippen molar-refractivity contribution in [3.05, 3.63) is 59.7 Å². The van der Waals surface area contributed by atoms with Gasteiger partial charge in [-0.05, 0) is 37.1 Å². The van der Waals surface area contributed by atoms with Crippen molar-refractivity contribution in [1.82, 2.24) is 9.88 Å². The molecule has 136 valence electrons. The van der Waals surface area contributed by atoms with E-state index >= 15 is 0 Å². The maximum atomic E-state index is 14.1. The standard InChI is InChI=1S/C20H21FN2O3/c1-26-16-5-2-4-13(10-16)19(24)23-14-7-8-15(23)12-20(25,11-14)17-6-3-9-22-18(17)21/h2-6,9-10,14-15,25H,7-8,11-12H2,1H3/t14-,15+,20?. The lowest BCUT2D eigenvalue weighted by Gasteiger charge is -2.44. The Hall–Kier alpha value is -2.47.